The number of esters is 3. The van der Waals surface area contributed by atoms with Gasteiger partial charge in [-0.25, -0.2) is 0 Å². The van der Waals surface area contributed by atoms with Gasteiger partial charge in [0.25, 0.3) is 0 Å². The van der Waals surface area contributed by atoms with E-state index in [-0.39, 0.29) is 31.1 Å². The van der Waals surface area contributed by atoms with Crippen LogP contribution in [0.4, 0.5) is 0 Å². The summed E-state index contributed by atoms with van der Waals surface area (Å²) in [6, 6.07) is 0. The molecule has 0 saturated carbocycles. The molecule has 0 spiro atoms. The Morgan fingerprint density at radius 3 is 1.11 bits per heavy atom. The van der Waals surface area contributed by atoms with Crippen molar-refractivity contribution in [3.05, 3.63) is 48.6 Å². The van der Waals surface area contributed by atoms with Gasteiger partial charge in [0.05, 0.1) is 0 Å². The highest BCUT2D eigenvalue weighted by Crippen LogP contribution is 2.15. The summed E-state index contributed by atoms with van der Waals surface area (Å²) in [4.78, 5) is 37.7. The van der Waals surface area contributed by atoms with Crippen molar-refractivity contribution in [2.45, 2.75) is 232 Å². The molecule has 0 aromatic carbocycles. The molecule has 0 aliphatic carbocycles. The van der Waals surface area contributed by atoms with Gasteiger partial charge in [0.1, 0.15) is 13.2 Å². The molecule has 6 heteroatoms. The Labute approximate surface area is 339 Å². The molecule has 0 aliphatic heterocycles. The lowest BCUT2D eigenvalue weighted by Gasteiger charge is -2.18. The van der Waals surface area contributed by atoms with Gasteiger partial charge >= 0.3 is 17.9 Å². The molecule has 0 aliphatic rings. The van der Waals surface area contributed by atoms with Crippen LogP contribution in [0.15, 0.2) is 48.6 Å². The summed E-state index contributed by atoms with van der Waals surface area (Å²) < 4.78 is 16.7. The van der Waals surface area contributed by atoms with Crippen LogP contribution in [0.3, 0.4) is 0 Å². The fourth-order valence-corrected chi connectivity index (χ4v) is 6.37. The van der Waals surface area contributed by atoms with Gasteiger partial charge in [0.15, 0.2) is 6.10 Å². The number of unbranched alkanes of at least 4 members (excludes halogenated alkanes) is 22. The summed E-state index contributed by atoms with van der Waals surface area (Å²) in [5.74, 6) is -0.927. The van der Waals surface area contributed by atoms with Crippen molar-refractivity contribution >= 4 is 17.9 Å². The highest BCUT2D eigenvalue weighted by molar-refractivity contribution is 5.71. The van der Waals surface area contributed by atoms with E-state index in [4.69, 9.17) is 14.2 Å². The van der Waals surface area contributed by atoms with Crippen molar-refractivity contribution in [3.63, 3.8) is 0 Å². The lowest BCUT2D eigenvalue weighted by Crippen LogP contribution is -2.30. The van der Waals surface area contributed by atoms with Crippen LogP contribution in [0.5, 0.6) is 0 Å². The van der Waals surface area contributed by atoms with Gasteiger partial charge in [0.2, 0.25) is 0 Å². The van der Waals surface area contributed by atoms with E-state index >= 15 is 0 Å². The molecule has 0 aromatic rings. The molecule has 0 radical (unpaired) electrons. The zero-order valence-electron chi connectivity index (χ0n) is 36.2. The third-order valence-corrected chi connectivity index (χ3v) is 9.85. The van der Waals surface area contributed by atoms with E-state index in [2.05, 4.69) is 69.4 Å². The molecule has 0 saturated heterocycles. The predicted molar refractivity (Wildman–Crippen MR) is 233 cm³/mol. The van der Waals surface area contributed by atoms with Crippen molar-refractivity contribution < 1.29 is 28.6 Å². The molecule has 0 N–H and O–H groups in total. The highest BCUT2D eigenvalue weighted by Gasteiger charge is 2.19. The lowest BCUT2D eigenvalue weighted by atomic mass is 10.0. The van der Waals surface area contributed by atoms with Crippen molar-refractivity contribution in [1.29, 1.82) is 0 Å². The lowest BCUT2D eigenvalue weighted by molar-refractivity contribution is -0.167. The van der Waals surface area contributed by atoms with Gasteiger partial charge in [-0.3, -0.25) is 14.4 Å². The first-order chi connectivity index (χ1) is 27.0. The Balaban J connectivity index is 4.41. The smallest absolute Gasteiger partial charge is 0.306 e. The molecule has 0 unspecified atom stereocenters. The minimum Gasteiger partial charge on any atom is -0.462 e. The summed E-state index contributed by atoms with van der Waals surface area (Å²) in [6.07, 6.45) is 50.9. The normalized spacial score (nSPS) is 12.4. The van der Waals surface area contributed by atoms with Crippen LogP contribution >= 0.6 is 0 Å². The Bertz CT molecular complexity index is 980. The van der Waals surface area contributed by atoms with Crippen LogP contribution in [0.1, 0.15) is 226 Å². The van der Waals surface area contributed by atoms with Gasteiger partial charge in [-0.2, -0.15) is 0 Å². The van der Waals surface area contributed by atoms with Gasteiger partial charge in [-0.05, 0) is 57.8 Å². The van der Waals surface area contributed by atoms with Gasteiger partial charge in [-0.1, -0.05) is 198 Å². The molecule has 0 bridgehead atoms. The third-order valence-electron chi connectivity index (χ3n) is 9.85. The maximum absolute atomic E-state index is 12.7. The van der Waals surface area contributed by atoms with Crippen LogP contribution in [-0.2, 0) is 28.6 Å². The Kier molecular flexibility index (Phi) is 42.0. The molecule has 0 rings (SSSR count). The van der Waals surface area contributed by atoms with E-state index in [0.717, 1.165) is 83.5 Å². The fraction of sp³-hybridized carbons (Fsp3) is 0.776. The number of hydrogen-bond donors (Lipinski definition) is 0. The monoisotopic (exact) mass is 771 g/mol. The topological polar surface area (TPSA) is 78.9 Å². The van der Waals surface area contributed by atoms with Crippen LogP contribution in [0.2, 0.25) is 0 Å². The van der Waals surface area contributed by atoms with E-state index in [1.165, 1.54) is 103 Å². The SMILES string of the molecule is CC/C=C\C/C=C\C/C=C\C/C=C\CCCCC(=O)OC[C@@H](COC(=O)CCCCCCCCCCC)OC(=O)CCCCCCCCCCCCCCC. The number of carbonyl (C=O) groups excluding carboxylic acids is 3. The third kappa shape index (κ3) is 42.4. The summed E-state index contributed by atoms with van der Waals surface area (Å²) >= 11 is 0. The molecule has 318 valence electrons. The molecule has 6 nitrogen and oxygen atoms in total. The van der Waals surface area contributed by atoms with Crippen LogP contribution < -0.4 is 0 Å². The van der Waals surface area contributed by atoms with Gasteiger partial charge < -0.3 is 14.2 Å². The van der Waals surface area contributed by atoms with E-state index in [1.54, 1.807) is 0 Å². The largest absolute Gasteiger partial charge is 0.462 e. The van der Waals surface area contributed by atoms with Crippen molar-refractivity contribution in [1.82, 2.24) is 0 Å². The summed E-state index contributed by atoms with van der Waals surface area (Å²) in [5, 5.41) is 0. The molecule has 0 heterocycles. The number of rotatable bonds is 41. The van der Waals surface area contributed by atoms with Crippen LogP contribution in [0.25, 0.3) is 0 Å². The molecular formula is C49H86O6. The summed E-state index contributed by atoms with van der Waals surface area (Å²) in [5.41, 5.74) is 0. The standard InChI is InChI=1S/C49H86O6/c1-4-7-10-13-16-19-21-23-24-26-27-30-33-36-39-42-48(51)54-45-46(44-53-47(50)41-38-35-32-29-18-15-12-9-6-3)55-49(52)43-40-37-34-31-28-25-22-20-17-14-11-8-5-2/h7,10,16,19,23-24,27,30,46H,4-6,8-9,11-15,17-18,20-22,25-26,28-29,31-45H2,1-3H3/b10-7-,19-16-,24-23-,30-27-/t46-/m1/s1. The maximum Gasteiger partial charge on any atom is 0.306 e. The van der Waals surface area contributed by atoms with Crippen molar-refractivity contribution in [3.8, 4) is 0 Å². The molecule has 55 heavy (non-hydrogen) atoms. The van der Waals surface area contributed by atoms with E-state index in [0.29, 0.717) is 19.3 Å². The summed E-state index contributed by atoms with van der Waals surface area (Å²) in [7, 11) is 0. The minimum absolute atomic E-state index is 0.0836. The Hall–Kier alpha value is -2.63. The average molecular weight is 771 g/mol. The number of carbonyl (C=O) groups is 3. The first kappa shape index (κ1) is 52.4. The van der Waals surface area contributed by atoms with Gasteiger partial charge in [-0.15, -0.1) is 0 Å². The van der Waals surface area contributed by atoms with Crippen LogP contribution in [0, 0.1) is 0 Å². The Morgan fingerprint density at radius 2 is 0.709 bits per heavy atom. The average Bonchev–Trinajstić information content (AvgIpc) is 3.18. The molecule has 0 amide bonds. The molecule has 0 aromatic heterocycles. The summed E-state index contributed by atoms with van der Waals surface area (Å²) in [6.45, 7) is 6.46. The van der Waals surface area contributed by atoms with Crippen LogP contribution in [-0.4, -0.2) is 37.2 Å². The second kappa shape index (κ2) is 44.1. The van der Waals surface area contributed by atoms with E-state index < -0.39 is 6.10 Å². The van der Waals surface area contributed by atoms with Crippen molar-refractivity contribution in [2.75, 3.05) is 13.2 Å². The Morgan fingerprint density at radius 1 is 0.382 bits per heavy atom. The molecule has 1 atom stereocenters. The van der Waals surface area contributed by atoms with E-state index in [1.807, 2.05) is 0 Å². The maximum atomic E-state index is 12.7. The predicted octanol–water partition coefficient (Wildman–Crippen LogP) is 14.8. The minimum atomic E-state index is -0.783. The quantitative estimate of drug-likeness (QED) is 0.0267. The molecular weight excluding hydrogens is 685 g/mol. The number of allylic oxidation sites excluding steroid dienone is 8. The highest BCUT2D eigenvalue weighted by atomic mass is 16.6. The number of ether oxygens (including phenoxy) is 3. The zero-order valence-corrected chi connectivity index (χ0v) is 36.2. The zero-order chi connectivity index (χ0) is 40.1. The first-order valence-electron chi connectivity index (χ1n) is 23.1. The van der Waals surface area contributed by atoms with Gasteiger partial charge in [0, 0.05) is 19.3 Å². The first-order valence-corrected chi connectivity index (χ1v) is 23.1. The fourth-order valence-electron chi connectivity index (χ4n) is 6.37. The molecule has 0 fully saturated rings. The second-order valence-electron chi connectivity index (χ2n) is 15.3. The number of hydrogen-bond acceptors (Lipinski definition) is 6. The van der Waals surface area contributed by atoms with E-state index in [9.17, 15) is 14.4 Å². The second-order valence-corrected chi connectivity index (χ2v) is 15.3. The van der Waals surface area contributed by atoms with Crippen molar-refractivity contribution in [2.24, 2.45) is 0 Å².